The molecule has 0 radical (unpaired) electrons. The van der Waals surface area contributed by atoms with Gasteiger partial charge in [-0.05, 0) is 54.6 Å². The summed E-state index contributed by atoms with van der Waals surface area (Å²) in [6.07, 6.45) is 0. The molecule has 1 aliphatic heterocycles. The van der Waals surface area contributed by atoms with Gasteiger partial charge in [0.25, 0.3) is 17.7 Å². The maximum atomic E-state index is 12.9. The number of imide groups is 1. The van der Waals surface area contributed by atoms with Crippen molar-refractivity contribution in [2.45, 2.75) is 0 Å². The van der Waals surface area contributed by atoms with Crippen molar-refractivity contribution in [2.75, 3.05) is 22.6 Å². The number of nitrogens with one attached hydrogen (secondary N) is 2. The number of hydrogen-bond donors (Lipinski definition) is 2. The average molecular weight is 476 g/mol. The van der Waals surface area contributed by atoms with Crippen molar-refractivity contribution in [2.24, 2.45) is 0 Å². The molecule has 1 heterocycles. The number of rotatable bonds is 6. The molecule has 0 saturated heterocycles. The molecule has 170 valence electrons. The Labute approximate surface area is 199 Å². The number of nitrogens with zero attached hydrogens (tertiary/aromatic N) is 1. The fraction of sp³-hybridized carbons (Fsp3) is 0.0400. The summed E-state index contributed by atoms with van der Waals surface area (Å²) in [5.74, 6) is -2.11. The maximum Gasteiger partial charge on any atom is 0.337 e. The van der Waals surface area contributed by atoms with Crippen LogP contribution in [0.2, 0.25) is 0 Å². The number of esters is 1. The molecular formula is C25H18ClN3O5. The van der Waals surface area contributed by atoms with Gasteiger partial charge in [-0.1, -0.05) is 35.9 Å². The van der Waals surface area contributed by atoms with Crippen LogP contribution in [0, 0.1) is 0 Å². The summed E-state index contributed by atoms with van der Waals surface area (Å²) in [6.45, 7) is 0. The van der Waals surface area contributed by atoms with E-state index in [0.717, 1.165) is 4.90 Å². The summed E-state index contributed by atoms with van der Waals surface area (Å²) >= 11 is 6.17. The Morgan fingerprint density at radius 2 is 1.53 bits per heavy atom. The first kappa shape index (κ1) is 22.8. The molecule has 0 aromatic heterocycles. The SMILES string of the molecule is COC(=O)c1ccc(NC(=O)c2cccc(NC3=C(Cl)C(=O)N(c4ccccc4)C3=O)c2)cc1. The summed E-state index contributed by atoms with van der Waals surface area (Å²) in [5.41, 5.74) is 1.87. The second-order valence-electron chi connectivity index (χ2n) is 7.20. The van der Waals surface area contributed by atoms with Crippen LogP contribution in [0.4, 0.5) is 17.1 Å². The van der Waals surface area contributed by atoms with Crippen LogP contribution in [0.15, 0.2) is 89.6 Å². The Kier molecular flexibility index (Phi) is 6.42. The molecule has 3 aromatic carbocycles. The zero-order valence-electron chi connectivity index (χ0n) is 17.9. The lowest BCUT2D eigenvalue weighted by atomic mass is 10.1. The van der Waals surface area contributed by atoms with Gasteiger partial charge in [-0.3, -0.25) is 14.4 Å². The Balaban J connectivity index is 1.49. The van der Waals surface area contributed by atoms with E-state index in [2.05, 4.69) is 15.4 Å². The quantitative estimate of drug-likeness (QED) is 0.409. The maximum absolute atomic E-state index is 12.9. The number of amides is 3. The molecule has 0 spiro atoms. The molecule has 2 N–H and O–H groups in total. The summed E-state index contributed by atoms with van der Waals surface area (Å²) in [4.78, 5) is 50.7. The van der Waals surface area contributed by atoms with E-state index in [1.807, 2.05) is 0 Å². The van der Waals surface area contributed by atoms with E-state index in [9.17, 15) is 19.2 Å². The third kappa shape index (κ3) is 4.53. The monoisotopic (exact) mass is 475 g/mol. The molecule has 4 rings (SSSR count). The molecule has 0 atom stereocenters. The van der Waals surface area contributed by atoms with Crippen LogP contribution in [-0.2, 0) is 14.3 Å². The van der Waals surface area contributed by atoms with E-state index in [-0.39, 0.29) is 10.7 Å². The van der Waals surface area contributed by atoms with Crippen LogP contribution in [0.5, 0.6) is 0 Å². The van der Waals surface area contributed by atoms with Gasteiger partial charge in [0.05, 0.1) is 18.4 Å². The number of carbonyl (C=O) groups is 4. The predicted octanol–water partition coefficient (Wildman–Crippen LogP) is 4.16. The minimum Gasteiger partial charge on any atom is -0.465 e. The van der Waals surface area contributed by atoms with Gasteiger partial charge in [0.1, 0.15) is 10.7 Å². The van der Waals surface area contributed by atoms with E-state index in [4.69, 9.17) is 11.6 Å². The highest BCUT2D eigenvalue weighted by atomic mass is 35.5. The first-order valence-corrected chi connectivity index (χ1v) is 10.5. The normalized spacial score (nSPS) is 13.2. The minimum absolute atomic E-state index is 0.0773. The average Bonchev–Trinajstić information content (AvgIpc) is 3.07. The van der Waals surface area contributed by atoms with Gasteiger partial charge in [0.15, 0.2) is 0 Å². The highest BCUT2D eigenvalue weighted by Gasteiger charge is 2.38. The van der Waals surface area contributed by atoms with Crippen molar-refractivity contribution in [3.05, 3.63) is 101 Å². The van der Waals surface area contributed by atoms with E-state index >= 15 is 0 Å². The third-order valence-electron chi connectivity index (χ3n) is 5.00. The van der Waals surface area contributed by atoms with Crippen molar-refractivity contribution in [3.63, 3.8) is 0 Å². The summed E-state index contributed by atoms with van der Waals surface area (Å²) in [5, 5.41) is 5.35. The van der Waals surface area contributed by atoms with Crippen LogP contribution >= 0.6 is 11.6 Å². The fourth-order valence-corrected chi connectivity index (χ4v) is 3.53. The number of halogens is 1. The Morgan fingerprint density at radius 1 is 0.824 bits per heavy atom. The van der Waals surface area contributed by atoms with Crippen molar-refractivity contribution in [1.29, 1.82) is 0 Å². The van der Waals surface area contributed by atoms with E-state index in [1.165, 1.54) is 25.3 Å². The minimum atomic E-state index is -0.635. The number of ether oxygens (including phenoxy) is 1. The molecule has 8 nitrogen and oxygen atoms in total. The molecule has 9 heteroatoms. The predicted molar refractivity (Wildman–Crippen MR) is 128 cm³/mol. The van der Waals surface area contributed by atoms with Crippen molar-refractivity contribution in [3.8, 4) is 0 Å². The number of hydrogen-bond acceptors (Lipinski definition) is 6. The Bertz CT molecular complexity index is 1320. The lowest BCUT2D eigenvalue weighted by Gasteiger charge is -2.15. The molecule has 34 heavy (non-hydrogen) atoms. The van der Waals surface area contributed by atoms with Crippen LogP contribution in [-0.4, -0.2) is 30.8 Å². The van der Waals surface area contributed by atoms with Gasteiger partial charge in [-0.2, -0.15) is 0 Å². The third-order valence-corrected chi connectivity index (χ3v) is 5.35. The first-order chi connectivity index (χ1) is 16.4. The number of anilines is 3. The number of carbonyl (C=O) groups excluding carboxylic acids is 4. The summed E-state index contributed by atoms with van der Waals surface area (Å²) in [7, 11) is 1.29. The number of benzene rings is 3. The topological polar surface area (TPSA) is 105 Å². The lowest BCUT2D eigenvalue weighted by Crippen LogP contribution is -2.32. The molecular weight excluding hydrogens is 458 g/mol. The van der Waals surface area contributed by atoms with Crippen LogP contribution in [0.1, 0.15) is 20.7 Å². The van der Waals surface area contributed by atoms with Gasteiger partial charge in [0.2, 0.25) is 0 Å². The Hall–Kier alpha value is -4.43. The molecule has 0 bridgehead atoms. The van der Waals surface area contributed by atoms with Gasteiger partial charge in [0, 0.05) is 16.9 Å². The number of methoxy groups -OCH3 is 1. The standard InChI is InChI=1S/C25H18ClN3O5/c1-34-25(33)15-10-12-17(13-11-15)28-22(30)16-6-5-7-18(14-16)27-21-20(26)23(31)29(24(21)32)19-8-3-2-4-9-19/h2-14,27H,1H3,(H,28,30). The van der Waals surface area contributed by atoms with Crippen LogP contribution in [0.25, 0.3) is 0 Å². The van der Waals surface area contributed by atoms with Crippen LogP contribution < -0.4 is 15.5 Å². The second kappa shape index (κ2) is 9.60. The van der Waals surface area contributed by atoms with E-state index < -0.39 is 23.7 Å². The molecule has 0 saturated carbocycles. The molecule has 3 amide bonds. The largest absolute Gasteiger partial charge is 0.465 e. The van der Waals surface area contributed by atoms with E-state index in [1.54, 1.807) is 60.7 Å². The molecule has 0 fully saturated rings. The summed E-state index contributed by atoms with van der Waals surface area (Å²) in [6, 6.07) is 21.1. The highest BCUT2D eigenvalue weighted by Crippen LogP contribution is 2.30. The first-order valence-electron chi connectivity index (χ1n) is 10.1. The molecule has 0 unspecified atom stereocenters. The van der Waals surface area contributed by atoms with Gasteiger partial charge < -0.3 is 15.4 Å². The second-order valence-corrected chi connectivity index (χ2v) is 7.58. The zero-order valence-corrected chi connectivity index (χ0v) is 18.6. The molecule has 3 aromatic rings. The number of para-hydroxylation sites is 1. The van der Waals surface area contributed by atoms with E-state index in [0.29, 0.717) is 28.2 Å². The Morgan fingerprint density at radius 3 is 2.21 bits per heavy atom. The smallest absolute Gasteiger partial charge is 0.337 e. The zero-order chi connectivity index (χ0) is 24.2. The highest BCUT2D eigenvalue weighted by molar-refractivity contribution is 6.53. The van der Waals surface area contributed by atoms with Crippen molar-refractivity contribution in [1.82, 2.24) is 0 Å². The van der Waals surface area contributed by atoms with Gasteiger partial charge >= 0.3 is 5.97 Å². The van der Waals surface area contributed by atoms with Gasteiger partial charge in [-0.25, -0.2) is 9.69 Å². The van der Waals surface area contributed by atoms with Crippen molar-refractivity contribution >= 4 is 52.4 Å². The van der Waals surface area contributed by atoms with Crippen molar-refractivity contribution < 1.29 is 23.9 Å². The molecule has 1 aliphatic rings. The summed E-state index contributed by atoms with van der Waals surface area (Å²) < 4.78 is 4.65. The van der Waals surface area contributed by atoms with Gasteiger partial charge in [-0.15, -0.1) is 0 Å². The molecule has 0 aliphatic carbocycles. The fourth-order valence-electron chi connectivity index (χ4n) is 3.32. The van der Waals surface area contributed by atoms with Crippen LogP contribution in [0.3, 0.4) is 0 Å². The lowest BCUT2D eigenvalue weighted by molar-refractivity contribution is -0.120.